The second kappa shape index (κ2) is 7.63. The molecule has 0 unspecified atom stereocenters. The average Bonchev–Trinajstić information content (AvgIpc) is 2.37. The van der Waals surface area contributed by atoms with Crippen LogP contribution in [0.1, 0.15) is 65.1 Å². The van der Waals surface area contributed by atoms with E-state index in [1.807, 2.05) is 10.6 Å². The lowest BCUT2D eigenvalue weighted by atomic mass is 9.90. The summed E-state index contributed by atoms with van der Waals surface area (Å²) in [5, 5.41) is 3.36. The molecular weight excluding hydrogens is 248 g/mol. The van der Waals surface area contributed by atoms with Gasteiger partial charge in [0, 0.05) is 29.8 Å². The van der Waals surface area contributed by atoms with Crippen molar-refractivity contribution in [2.24, 2.45) is 0 Å². The molecule has 0 saturated heterocycles. The van der Waals surface area contributed by atoms with E-state index < -0.39 is 0 Å². The van der Waals surface area contributed by atoms with Gasteiger partial charge in [0.2, 0.25) is 0 Å². The maximum absolute atomic E-state index is 12.6. The molecule has 0 bridgehead atoms. The van der Waals surface area contributed by atoms with Gasteiger partial charge in [-0.05, 0) is 25.5 Å². The van der Waals surface area contributed by atoms with Crippen LogP contribution in [0.25, 0.3) is 0 Å². The van der Waals surface area contributed by atoms with Crippen molar-refractivity contribution in [3.05, 3.63) is 33.7 Å². The minimum atomic E-state index is 0.00248. The predicted octanol–water partition coefficient (Wildman–Crippen LogP) is 3.45. The van der Waals surface area contributed by atoms with Crippen LogP contribution >= 0.6 is 0 Å². The fourth-order valence-electron chi connectivity index (χ4n) is 2.38. The lowest BCUT2D eigenvalue weighted by molar-refractivity contribution is 0.493. The van der Waals surface area contributed by atoms with Crippen LogP contribution in [-0.4, -0.2) is 11.1 Å². The summed E-state index contributed by atoms with van der Waals surface area (Å²) in [6.45, 7) is 13.2. The van der Waals surface area contributed by atoms with Gasteiger partial charge in [-0.15, -0.1) is 0 Å². The van der Waals surface area contributed by atoms with Gasteiger partial charge in [-0.3, -0.25) is 4.79 Å². The number of nitrogens with zero attached hydrogens (tertiary/aromatic N) is 1. The second-order valence-electron chi connectivity index (χ2n) is 6.48. The summed E-state index contributed by atoms with van der Waals surface area (Å²) < 4.78 is 1.96. The molecule has 0 aliphatic carbocycles. The fraction of sp³-hybridized carbons (Fsp3) is 0.706. The third-order valence-electron chi connectivity index (χ3n) is 3.49. The maximum atomic E-state index is 12.6. The van der Waals surface area contributed by atoms with Gasteiger partial charge < -0.3 is 9.88 Å². The molecule has 114 valence electrons. The molecule has 1 N–H and O–H groups in total. The van der Waals surface area contributed by atoms with Crippen LogP contribution in [0.5, 0.6) is 0 Å². The second-order valence-corrected chi connectivity index (χ2v) is 6.48. The fourth-order valence-corrected chi connectivity index (χ4v) is 2.38. The monoisotopic (exact) mass is 278 g/mol. The molecule has 1 aromatic heterocycles. The molecule has 1 heterocycles. The summed E-state index contributed by atoms with van der Waals surface area (Å²) in [4.78, 5) is 12.6. The van der Waals surface area contributed by atoms with Crippen molar-refractivity contribution in [1.29, 1.82) is 0 Å². The van der Waals surface area contributed by atoms with E-state index in [2.05, 4.69) is 46.0 Å². The largest absolute Gasteiger partial charge is 0.312 e. The Labute approximate surface area is 123 Å². The lowest BCUT2D eigenvalue weighted by Gasteiger charge is -2.24. The molecule has 0 radical (unpaired) electrons. The highest BCUT2D eigenvalue weighted by atomic mass is 16.1. The van der Waals surface area contributed by atoms with Gasteiger partial charge in [-0.2, -0.15) is 0 Å². The van der Waals surface area contributed by atoms with E-state index >= 15 is 0 Å². The highest BCUT2D eigenvalue weighted by molar-refractivity contribution is 5.21. The van der Waals surface area contributed by atoms with E-state index in [1.165, 1.54) is 6.42 Å². The molecule has 0 aliphatic heterocycles. The summed E-state index contributed by atoms with van der Waals surface area (Å²) >= 11 is 0. The van der Waals surface area contributed by atoms with Gasteiger partial charge >= 0.3 is 0 Å². The van der Waals surface area contributed by atoms with Crippen LogP contribution < -0.4 is 10.9 Å². The highest BCUT2D eigenvalue weighted by Gasteiger charge is 2.19. The van der Waals surface area contributed by atoms with E-state index in [9.17, 15) is 4.79 Å². The van der Waals surface area contributed by atoms with E-state index in [0.717, 1.165) is 37.2 Å². The topological polar surface area (TPSA) is 34.0 Å². The predicted molar refractivity (Wildman–Crippen MR) is 86.3 cm³/mol. The molecule has 0 spiro atoms. The lowest BCUT2D eigenvalue weighted by Crippen LogP contribution is -2.33. The Hall–Kier alpha value is -1.09. The average molecular weight is 278 g/mol. The molecule has 0 saturated carbocycles. The molecule has 20 heavy (non-hydrogen) atoms. The first kappa shape index (κ1) is 17.0. The summed E-state index contributed by atoms with van der Waals surface area (Å²) in [6.07, 6.45) is 3.31. The first-order valence-corrected chi connectivity index (χ1v) is 7.85. The molecule has 3 nitrogen and oxygen atoms in total. The first-order valence-electron chi connectivity index (χ1n) is 7.85. The Balaban J connectivity index is 3.00. The summed E-state index contributed by atoms with van der Waals surface area (Å²) in [5.74, 6) is 0. The van der Waals surface area contributed by atoms with E-state index in [4.69, 9.17) is 0 Å². The standard InChI is InChI=1S/C17H30N2O/c1-6-8-11-18-13-14-9-10-15(17(3,4)5)19(12-7-2)16(14)20/h9-10,18H,6-8,11-13H2,1-5H3. The summed E-state index contributed by atoms with van der Waals surface area (Å²) in [7, 11) is 0. The van der Waals surface area contributed by atoms with E-state index in [0.29, 0.717) is 6.54 Å². The third-order valence-corrected chi connectivity index (χ3v) is 3.49. The molecule has 0 fully saturated rings. The molecule has 3 heteroatoms. The summed E-state index contributed by atoms with van der Waals surface area (Å²) in [6, 6.07) is 4.11. The Morgan fingerprint density at radius 2 is 1.85 bits per heavy atom. The zero-order chi connectivity index (χ0) is 15.2. The Kier molecular flexibility index (Phi) is 6.47. The number of hydrogen-bond acceptors (Lipinski definition) is 2. The molecule has 0 aromatic carbocycles. The normalized spacial score (nSPS) is 11.8. The number of nitrogens with one attached hydrogen (secondary N) is 1. The number of unbranched alkanes of at least 4 members (excludes halogenated alkanes) is 1. The zero-order valence-electron chi connectivity index (χ0n) is 13.8. The number of pyridine rings is 1. The molecule has 0 atom stereocenters. The van der Waals surface area contributed by atoms with Crippen LogP contribution in [0.3, 0.4) is 0 Å². The molecule has 1 rings (SSSR count). The van der Waals surface area contributed by atoms with Crippen LogP contribution in [0.2, 0.25) is 0 Å². The van der Waals surface area contributed by atoms with Gasteiger partial charge in [0.25, 0.3) is 5.56 Å². The SMILES string of the molecule is CCCCNCc1ccc(C(C)(C)C)n(CCC)c1=O. The van der Waals surface area contributed by atoms with Crippen LogP contribution in [-0.2, 0) is 18.5 Å². The maximum Gasteiger partial charge on any atom is 0.255 e. The summed E-state index contributed by atoms with van der Waals surface area (Å²) in [5.41, 5.74) is 2.18. The van der Waals surface area contributed by atoms with Crippen molar-refractivity contribution in [1.82, 2.24) is 9.88 Å². The van der Waals surface area contributed by atoms with Gasteiger partial charge in [0.15, 0.2) is 0 Å². The van der Waals surface area contributed by atoms with Crippen molar-refractivity contribution in [2.75, 3.05) is 6.54 Å². The van der Waals surface area contributed by atoms with Gasteiger partial charge in [0.05, 0.1) is 0 Å². The highest BCUT2D eigenvalue weighted by Crippen LogP contribution is 2.21. The minimum absolute atomic E-state index is 0.00248. The molecule has 1 aromatic rings. The quantitative estimate of drug-likeness (QED) is 0.775. The van der Waals surface area contributed by atoms with Gasteiger partial charge in [-0.25, -0.2) is 0 Å². The van der Waals surface area contributed by atoms with Crippen molar-refractivity contribution in [3.63, 3.8) is 0 Å². The first-order chi connectivity index (χ1) is 9.41. The zero-order valence-corrected chi connectivity index (χ0v) is 13.8. The Morgan fingerprint density at radius 1 is 1.15 bits per heavy atom. The molecule has 0 aliphatic rings. The number of aromatic nitrogens is 1. The Morgan fingerprint density at radius 3 is 2.40 bits per heavy atom. The van der Waals surface area contributed by atoms with Crippen molar-refractivity contribution < 1.29 is 0 Å². The van der Waals surface area contributed by atoms with Gasteiger partial charge in [-0.1, -0.05) is 47.1 Å². The van der Waals surface area contributed by atoms with Crippen molar-refractivity contribution in [3.8, 4) is 0 Å². The minimum Gasteiger partial charge on any atom is -0.312 e. The van der Waals surface area contributed by atoms with Crippen LogP contribution in [0.4, 0.5) is 0 Å². The smallest absolute Gasteiger partial charge is 0.255 e. The number of hydrogen-bond donors (Lipinski definition) is 1. The van der Waals surface area contributed by atoms with Gasteiger partial charge in [0.1, 0.15) is 0 Å². The third kappa shape index (κ3) is 4.48. The van der Waals surface area contributed by atoms with Crippen LogP contribution in [0, 0.1) is 0 Å². The van der Waals surface area contributed by atoms with E-state index in [1.54, 1.807) is 0 Å². The van der Waals surface area contributed by atoms with E-state index in [-0.39, 0.29) is 11.0 Å². The van der Waals surface area contributed by atoms with Crippen LogP contribution in [0.15, 0.2) is 16.9 Å². The van der Waals surface area contributed by atoms with Crippen molar-refractivity contribution >= 4 is 0 Å². The van der Waals surface area contributed by atoms with Crippen molar-refractivity contribution in [2.45, 2.75) is 72.4 Å². The Bertz CT molecular complexity index is 469. The molecule has 0 amide bonds. The molecular formula is C17H30N2O. The number of rotatable bonds is 7.